The van der Waals surface area contributed by atoms with Gasteiger partial charge in [-0.2, -0.15) is 14.5 Å². The summed E-state index contributed by atoms with van der Waals surface area (Å²) in [7, 11) is -0.779. The number of fused-ring (bicyclic) bond motifs is 1. The van der Waals surface area contributed by atoms with E-state index >= 15 is 0 Å². The van der Waals surface area contributed by atoms with Crippen LogP contribution < -0.4 is 5.56 Å². The highest BCUT2D eigenvalue weighted by molar-refractivity contribution is 8.11. The van der Waals surface area contributed by atoms with Gasteiger partial charge in [-0.1, -0.05) is 44.2 Å². The van der Waals surface area contributed by atoms with Gasteiger partial charge in [0, 0.05) is 13.1 Å². The van der Waals surface area contributed by atoms with Crippen molar-refractivity contribution in [3.8, 4) is 0 Å². The van der Waals surface area contributed by atoms with Crippen LogP contribution >= 0.6 is 20.0 Å². The summed E-state index contributed by atoms with van der Waals surface area (Å²) in [5.74, 6) is 0. The fourth-order valence-electron chi connectivity index (χ4n) is 2.38. The molecular weight excluding hydrogens is 327 g/mol. The van der Waals surface area contributed by atoms with Gasteiger partial charge in [-0.25, -0.2) is 0 Å². The molecule has 1 unspecified atom stereocenters. The van der Waals surface area contributed by atoms with Crippen LogP contribution in [0.4, 0.5) is 0 Å². The molecule has 1 atom stereocenters. The van der Waals surface area contributed by atoms with E-state index in [0.717, 1.165) is 18.7 Å². The van der Waals surface area contributed by atoms with E-state index in [1.807, 2.05) is 22.7 Å². The zero-order valence-electron chi connectivity index (χ0n) is 13.4. The van der Waals surface area contributed by atoms with E-state index in [2.05, 4.69) is 46.8 Å². The Balaban J connectivity index is 2.10. The summed E-state index contributed by atoms with van der Waals surface area (Å²) in [6.45, 7) is 7.89. The zero-order valence-corrected chi connectivity index (χ0v) is 15.1. The molecule has 1 aromatic carbocycles. The molecule has 0 N–H and O–H groups in total. The number of hydrogen-bond donors (Lipinski definition) is 0. The van der Waals surface area contributed by atoms with E-state index in [1.165, 1.54) is 4.65 Å². The summed E-state index contributed by atoms with van der Waals surface area (Å²) >= 11 is 1.56. The lowest BCUT2D eigenvalue weighted by Gasteiger charge is -2.26. The van der Waals surface area contributed by atoms with Crippen molar-refractivity contribution in [2.45, 2.75) is 25.9 Å². The van der Waals surface area contributed by atoms with E-state index < -0.39 is 8.22 Å². The van der Waals surface area contributed by atoms with Gasteiger partial charge in [0.25, 0.3) is 5.56 Å². The fraction of sp³-hybridized carbons (Fsp3) is 0.312. The molecule has 120 valence electrons. The van der Waals surface area contributed by atoms with Gasteiger partial charge in [0.15, 0.2) is 5.16 Å². The van der Waals surface area contributed by atoms with Crippen LogP contribution in [-0.2, 0) is 0 Å². The zero-order chi connectivity index (χ0) is 16.4. The number of benzene rings is 1. The quantitative estimate of drug-likeness (QED) is 0.793. The molecule has 1 aliphatic rings. The Morgan fingerprint density at radius 1 is 1.26 bits per heavy atom. The van der Waals surface area contributed by atoms with E-state index in [1.54, 1.807) is 18.7 Å². The van der Waals surface area contributed by atoms with Crippen molar-refractivity contribution in [3.63, 3.8) is 0 Å². The van der Waals surface area contributed by atoms with Crippen molar-refractivity contribution < 1.29 is 0 Å². The van der Waals surface area contributed by atoms with Crippen LogP contribution in [-0.4, -0.2) is 32.3 Å². The first-order chi connectivity index (χ1) is 11.1. The Bertz CT molecular complexity index is 786. The van der Waals surface area contributed by atoms with Gasteiger partial charge in [-0.05, 0) is 30.3 Å². The molecule has 1 aromatic heterocycles. The second kappa shape index (κ2) is 6.95. The molecular formula is C16H19N4OPS. The summed E-state index contributed by atoms with van der Waals surface area (Å²) in [6.07, 6.45) is 2.19. The molecule has 0 aliphatic carbocycles. The van der Waals surface area contributed by atoms with Crippen molar-refractivity contribution in [1.29, 1.82) is 0 Å². The third-order valence-electron chi connectivity index (χ3n) is 3.58. The number of thioether (sulfide) groups is 1. The molecule has 5 nitrogen and oxygen atoms in total. The maximum absolute atomic E-state index is 11.8. The Hall–Kier alpha value is -1.49. The topological polar surface area (TPSA) is 51.0 Å². The van der Waals surface area contributed by atoms with E-state index in [4.69, 9.17) is 0 Å². The maximum Gasteiger partial charge on any atom is 0.295 e. The first-order valence-electron chi connectivity index (χ1n) is 7.62. The molecule has 1 aliphatic heterocycles. The minimum absolute atomic E-state index is 0.237. The smallest absolute Gasteiger partial charge is 0.265 e. The van der Waals surface area contributed by atoms with Crippen LogP contribution in [0.5, 0.6) is 0 Å². The molecule has 0 bridgehead atoms. The highest BCUT2D eigenvalue weighted by atomic mass is 32.2. The molecule has 0 radical (unpaired) electrons. The van der Waals surface area contributed by atoms with Gasteiger partial charge in [-0.3, -0.25) is 9.46 Å². The Kier molecular flexibility index (Phi) is 4.95. The molecule has 7 heteroatoms. The van der Waals surface area contributed by atoms with Crippen LogP contribution in [0.25, 0.3) is 6.08 Å². The summed E-state index contributed by atoms with van der Waals surface area (Å²) < 4.78 is 5.53. The first kappa shape index (κ1) is 16.4. The number of nitrogens with zero attached hydrogens (tertiary/aromatic N) is 4. The third kappa shape index (κ3) is 3.25. The van der Waals surface area contributed by atoms with Gasteiger partial charge in [-0.15, -0.1) is 0 Å². The second-order valence-electron chi connectivity index (χ2n) is 5.10. The van der Waals surface area contributed by atoms with Gasteiger partial charge in [0.2, 0.25) is 0 Å². The molecule has 2 heterocycles. The lowest BCUT2D eigenvalue weighted by atomic mass is 10.2. The van der Waals surface area contributed by atoms with Gasteiger partial charge in [0.05, 0.1) is 4.65 Å². The molecule has 0 spiro atoms. The Morgan fingerprint density at radius 2 is 1.96 bits per heavy atom. The van der Waals surface area contributed by atoms with Crippen molar-refractivity contribution >= 4 is 26.1 Å². The van der Waals surface area contributed by atoms with Gasteiger partial charge >= 0.3 is 0 Å². The number of hydrogen-bond acceptors (Lipinski definition) is 5. The summed E-state index contributed by atoms with van der Waals surface area (Å²) in [6, 6.07) is 10.2. The van der Waals surface area contributed by atoms with Crippen molar-refractivity contribution in [2.24, 2.45) is 0 Å². The van der Waals surface area contributed by atoms with Crippen LogP contribution in [0.15, 0.2) is 44.9 Å². The molecule has 23 heavy (non-hydrogen) atoms. The van der Waals surface area contributed by atoms with Crippen LogP contribution in [0, 0.1) is 6.92 Å². The second-order valence-corrected chi connectivity index (χ2v) is 8.41. The molecule has 0 saturated heterocycles. The minimum atomic E-state index is -0.779. The first-order valence-corrected chi connectivity index (χ1v) is 9.68. The predicted molar refractivity (Wildman–Crippen MR) is 96.5 cm³/mol. The van der Waals surface area contributed by atoms with E-state index in [9.17, 15) is 4.79 Å². The lowest BCUT2D eigenvalue weighted by molar-refractivity contribution is 0.496. The standard InChI is InChI=1S/C16H19N4OPS/c1-4-19(5-2)22-14(11-13-9-7-6-8-10-13)23-16-17-15(21)12(3)18-20(16)22/h6-11H,4-5H2,1-3H3/b14-11-. The van der Waals surface area contributed by atoms with Gasteiger partial charge in [0.1, 0.15) is 13.9 Å². The molecule has 0 fully saturated rings. The van der Waals surface area contributed by atoms with E-state index in [0.29, 0.717) is 10.9 Å². The van der Waals surface area contributed by atoms with Crippen LogP contribution in [0.2, 0.25) is 0 Å². The van der Waals surface area contributed by atoms with Crippen molar-refractivity contribution in [1.82, 2.24) is 19.2 Å². The lowest BCUT2D eigenvalue weighted by Crippen LogP contribution is -2.23. The largest absolute Gasteiger partial charge is 0.295 e. The van der Waals surface area contributed by atoms with E-state index in [-0.39, 0.29) is 5.56 Å². The highest BCUT2D eigenvalue weighted by Gasteiger charge is 2.34. The summed E-state index contributed by atoms with van der Waals surface area (Å²) in [5.41, 5.74) is 1.37. The minimum Gasteiger partial charge on any atom is -0.265 e. The highest BCUT2D eigenvalue weighted by Crippen LogP contribution is 2.62. The Labute approximate surface area is 141 Å². The summed E-state index contributed by atoms with van der Waals surface area (Å²) in [4.78, 5) is 16.0. The average Bonchev–Trinajstić information content (AvgIpc) is 2.88. The monoisotopic (exact) mass is 346 g/mol. The van der Waals surface area contributed by atoms with Gasteiger partial charge < -0.3 is 0 Å². The van der Waals surface area contributed by atoms with Crippen LogP contribution in [0.1, 0.15) is 25.1 Å². The number of rotatable bonds is 4. The Morgan fingerprint density at radius 3 is 2.61 bits per heavy atom. The summed E-state index contributed by atoms with van der Waals surface area (Å²) in [5, 5.41) is 5.21. The molecule has 3 rings (SSSR count). The van der Waals surface area contributed by atoms with Crippen molar-refractivity contribution in [3.05, 3.63) is 56.6 Å². The maximum atomic E-state index is 11.8. The molecule has 2 aromatic rings. The third-order valence-corrected chi connectivity index (χ3v) is 7.52. The number of aryl methyl sites for hydroxylation is 1. The number of aromatic nitrogens is 3. The molecule has 0 amide bonds. The molecule has 0 saturated carbocycles. The normalized spacial score (nSPS) is 18.6. The SMILES string of the molecule is CCN(CC)P1/C(=C/c2ccccc2)Sc2nc(=O)c(C)nn21. The van der Waals surface area contributed by atoms with Crippen molar-refractivity contribution in [2.75, 3.05) is 13.1 Å². The van der Waals surface area contributed by atoms with Crippen LogP contribution in [0.3, 0.4) is 0 Å². The average molecular weight is 346 g/mol. The predicted octanol–water partition coefficient (Wildman–Crippen LogP) is 3.55. The fourth-order valence-corrected chi connectivity index (χ4v) is 6.45.